The topological polar surface area (TPSA) is 24.1 Å². The maximum atomic E-state index is 3.80. The molecule has 0 amide bonds. The molecule has 0 bridgehead atoms. The molecular formula is C19H30N2. The summed E-state index contributed by atoms with van der Waals surface area (Å²) in [4.78, 5) is 0. The molecule has 21 heavy (non-hydrogen) atoms. The molecule has 1 aromatic carbocycles. The minimum absolute atomic E-state index is 0.550. The van der Waals surface area contributed by atoms with Crippen LogP contribution in [-0.4, -0.2) is 18.6 Å². The van der Waals surface area contributed by atoms with E-state index in [2.05, 4.69) is 35.8 Å². The molecule has 1 heterocycles. The van der Waals surface area contributed by atoms with Gasteiger partial charge in [-0.2, -0.15) is 0 Å². The van der Waals surface area contributed by atoms with Gasteiger partial charge in [0.2, 0.25) is 0 Å². The fraction of sp³-hybridized carbons (Fsp3) is 0.684. The average Bonchev–Trinajstić information content (AvgIpc) is 2.76. The first kappa shape index (κ1) is 14.9. The summed E-state index contributed by atoms with van der Waals surface area (Å²) in [6.07, 6.45) is 12.0. The molecule has 2 heteroatoms. The molecule has 1 aromatic rings. The van der Waals surface area contributed by atoms with E-state index in [4.69, 9.17) is 0 Å². The van der Waals surface area contributed by atoms with Crippen LogP contribution in [0.4, 0.5) is 5.69 Å². The van der Waals surface area contributed by atoms with E-state index < -0.39 is 0 Å². The van der Waals surface area contributed by atoms with E-state index in [-0.39, 0.29) is 0 Å². The van der Waals surface area contributed by atoms with E-state index in [1.807, 2.05) is 0 Å². The van der Waals surface area contributed by atoms with Crippen molar-refractivity contribution in [3.05, 3.63) is 29.3 Å². The van der Waals surface area contributed by atoms with Gasteiger partial charge < -0.3 is 10.6 Å². The Morgan fingerprint density at radius 3 is 3.00 bits per heavy atom. The highest BCUT2D eigenvalue weighted by Gasteiger charge is 2.17. The molecule has 0 radical (unpaired) electrons. The second-order valence-electron chi connectivity index (χ2n) is 6.93. The van der Waals surface area contributed by atoms with Gasteiger partial charge in [0.1, 0.15) is 0 Å². The standard InChI is InChI=1S/C19H30N2/c1-15(14-17-10-3-2-6-13-20-17)21-19-12-7-9-16-8-4-5-11-18(16)19/h7,9,12,15,17,20-21H,2-6,8,10-11,13-14H2,1H3. The molecular weight excluding hydrogens is 256 g/mol. The molecule has 2 unspecified atom stereocenters. The number of nitrogens with one attached hydrogen (secondary N) is 2. The molecule has 2 aliphatic rings. The molecule has 0 spiro atoms. The van der Waals surface area contributed by atoms with Gasteiger partial charge >= 0.3 is 0 Å². The number of hydrogen-bond donors (Lipinski definition) is 2. The third-order valence-electron chi connectivity index (χ3n) is 5.10. The van der Waals surface area contributed by atoms with Gasteiger partial charge in [-0.3, -0.25) is 0 Å². The third kappa shape index (κ3) is 4.00. The van der Waals surface area contributed by atoms with Crippen molar-refractivity contribution in [2.24, 2.45) is 0 Å². The van der Waals surface area contributed by atoms with Crippen molar-refractivity contribution in [1.29, 1.82) is 0 Å². The number of rotatable bonds is 4. The normalized spacial score (nSPS) is 24.0. The lowest BCUT2D eigenvalue weighted by atomic mass is 9.90. The Morgan fingerprint density at radius 2 is 2.05 bits per heavy atom. The van der Waals surface area contributed by atoms with E-state index in [1.54, 1.807) is 11.1 Å². The summed E-state index contributed by atoms with van der Waals surface area (Å²) in [5, 5.41) is 7.52. The van der Waals surface area contributed by atoms with Crippen molar-refractivity contribution in [1.82, 2.24) is 5.32 Å². The van der Waals surface area contributed by atoms with Crippen LogP contribution in [0.3, 0.4) is 0 Å². The summed E-state index contributed by atoms with van der Waals surface area (Å²) < 4.78 is 0. The first-order valence-corrected chi connectivity index (χ1v) is 8.93. The highest BCUT2D eigenvalue weighted by Crippen LogP contribution is 2.28. The van der Waals surface area contributed by atoms with Crippen LogP contribution in [0.2, 0.25) is 0 Å². The number of fused-ring (bicyclic) bond motifs is 1. The molecule has 1 fully saturated rings. The average molecular weight is 286 g/mol. The van der Waals surface area contributed by atoms with Crippen LogP contribution in [0.1, 0.15) is 63.0 Å². The van der Waals surface area contributed by atoms with Crippen molar-refractivity contribution in [2.75, 3.05) is 11.9 Å². The van der Waals surface area contributed by atoms with Crippen LogP contribution >= 0.6 is 0 Å². The van der Waals surface area contributed by atoms with Crippen molar-refractivity contribution in [3.63, 3.8) is 0 Å². The number of benzene rings is 1. The maximum absolute atomic E-state index is 3.80. The largest absolute Gasteiger partial charge is 0.382 e. The number of aryl methyl sites for hydroxylation is 1. The maximum Gasteiger partial charge on any atom is 0.0377 e. The lowest BCUT2D eigenvalue weighted by molar-refractivity contribution is 0.456. The smallest absolute Gasteiger partial charge is 0.0377 e. The van der Waals surface area contributed by atoms with Gasteiger partial charge in [0.25, 0.3) is 0 Å². The zero-order valence-electron chi connectivity index (χ0n) is 13.5. The van der Waals surface area contributed by atoms with Crippen LogP contribution in [-0.2, 0) is 12.8 Å². The van der Waals surface area contributed by atoms with E-state index in [1.165, 1.54) is 70.0 Å². The molecule has 0 saturated carbocycles. The van der Waals surface area contributed by atoms with E-state index in [0.717, 1.165) is 0 Å². The Morgan fingerprint density at radius 1 is 1.14 bits per heavy atom. The van der Waals surface area contributed by atoms with E-state index >= 15 is 0 Å². The molecule has 1 aliphatic heterocycles. The van der Waals surface area contributed by atoms with Crippen molar-refractivity contribution in [3.8, 4) is 0 Å². The number of hydrogen-bond acceptors (Lipinski definition) is 2. The monoisotopic (exact) mass is 286 g/mol. The van der Waals surface area contributed by atoms with E-state index in [9.17, 15) is 0 Å². The minimum atomic E-state index is 0.550. The van der Waals surface area contributed by atoms with Crippen LogP contribution in [0.25, 0.3) is 0 Å². The second kappa shape index (κ2) is 7.31. The van der Waals surface area contributed by atoms with Gasteiger partial charge in [0.15, 0.2) is 0 Å². The van der Waals surface area contributed by atoms with Crippen LogP contribution < -0.4 is 10.6 Å². The molecule has 2 N–H and O–H groups in total. The van der Waals surface area contributed by atoms with E-state index in [0.29, 0.717) is 12.1 Å². The summed E-state index contributed by atoms with van der Waals surface area (Å²) in [6.45, 7) is 3.55. The minimum Gasteiger partial charge on any atom is -0.382 e. The lowest BCUT2D eigenvalue weighted by Crippen LogP contribution is -2.33. The van der Waals surface area contributed by atoms with Crippen molar-refractivity contribution >= 4 is 5.69 Å². The molecule has 2 atom stereocenters. The fourth-order valence-electron chi connectivity index (χ4n) is 3.97. The zero-order valence-corrected chi connectivity index (χ0v) is 13.5. The van der Waals surface area contributed by atoms with Gasteiger partial charge in [0, 0.05) is 17.8 Å². The predicted molar refractivity (Wildman–Crippen MR) is 91.0 cm³/mol. The number of anilines is 1. The highest BCUT2D eigenvalue weighted by atomic mass is 15.0. The first-order valence-electron chi connectivity index (χ1n) is 8.93. The summed E-state index contributed by atoms with van der Waals surface area (Å²) >= 11 is 0. The second-order valence-corrected chi connectivity index (χ2v) is 6.93. The van der Waals surface area contributed by atoms with Crippen molar-refractivity contribution in [2.45, 2.75) is 76.8 Å². The van der Waals surface area contributed by atoms with Gasteiger partial charge in [-0.15, -0.1) is 0 Å². The lowest BCUT2D eigenvalue weighted by Gasteiger charge is -2.25. The van der Waals surface area contributed by atoms with Gasteiger partial charge in [0.05, 0.1) is 0 Å². The van der Waals surface area contributed by atoms with Crippen LogP contribution in [0.15, 0.2) is 18.2 Å². The van der Waals surface area contributed by atoms with Gasteiger partial charge in [-0.1, -0.05) is 25.0 Å². The Kier molecular flexibility index (Phi) is 5.18. The molecule has 116 valence electrons. The van der Waals surface area contributed by atoms with Gasteiger partial charge in [-0.05, 0) is 75.6 Å². The molecule has 1 saturated heterocycles. The third-order valence-corrected chi connectivity index (χ3v) is 5.10. The summed E-state index contributed by atoms with van der Waals surface area (Å²) in [7, 11) is 0. The molecule has 0 aromatic heterocycles. The van der Waals surface area contributed by atoms with Gasteiger partial charge in [-0.25, -0.2) is 0 Å². The summed E-state index contributed by atoms with van der Waals surface area (Å²) in [5.41, 5.74) is 4.56. The zero-order chi connectivity index (χ0) is 14.5. The molecule has 3 rings (SSSR count). The Labute approximate surface area is 129 Å². The Hall–Kier alpha value is -1.02. The van der Waals surface area contributed by atoms with Crippen molar-refractivity contribution < 1.29 is 0 Å². The SMILES string of the molecule is CC(CC1CCCCCN1)Nc1cccc2c1CCCC2. The fourth-order valence-corrected chi connectivity index (χ4v) is 3.97. The Balaban J connectivity index is 1.60. The molecule has 1 aliphatic carbocycles. The van der Waals surface area contributed by atoms with Crippen LogP contribution in [0.5, 0.6) is 0 Å². The summed E-state index contributed by atoms with van der Waals surface area (Å²) in [5.74, 6) is 0. The predicted octanol–water partition coefficient (Wildman–Crippen LogP) is 4.29. The molecule has 2 nitrogen and oxygen atoms in total. The van der Waals surface area contributed by atoms with Crippen LogP contribution in [0, 0.1) is 0 Å². The quantitative estimate of drug-likeness (QED) is 0.863. The summed E-state index contributed by atoms with van der Waals surface area (Å²) in [6, 6.07) is 8.07. The highest BCUT2D eigenvalue weighted by molar-refractivity contribution is 5.56. The Bertz CT molecular complexity index is 447. The first-order chi connectivity index (χ1) is 10.3.